The molecule has 2 nitrogen and oxygen atoms in total. The van der Waals surface area contributed by atoms with Gasteiger partial charge in [0.05, 0.1) is 0 Å². The molecule has 98 valence electrons. The molecule has 0 N–H and O–H groups in total. The van der Waals surface area contributed by atoms with Crippen LogP contribution in [0.1, 0.15) is 37.3 Å². The summed E-state index contributed by atoms with van der Waals surface area (Å²) in [6, 6.07) is 8.49. The van der Waals surface area contributed by atoms with Crippen molar-refractivity contribution in [1.29, 1.82) is 0 Å². The number of hydrogen-bond donors (Lipinski definition) is 0. The number of hydrogen-bond acceptors (Lipinski definition) is 2. The lowest BCUT2D eigenvalue weighted by molar-refractivity contribution is -0.141. The lowest BCUT2D eigenvalue weighted by Gasteiger charge is -2.19. The van der Waals surface area contributed by atoms with Crippen LogP contribution < -0.4 is 0 Å². The van der Waals surface area contributed by atoms with Gasteiger partial charge in [0.25, 0.3) is 0 Å². The number of ether oxygens (including phenoxy) is 1. The van der Waals surface area contributed by atoms with Crippen LogP contribution in [0.4, 0.5) is 0 Å². The van der Waals surface area contributed by atoms with Gasteiger partial charge < -0.3 is 4.74 Å². The maximum Gasteiger partial charge on any atom is 0.302 e. The van der Waals surface area contributed by atoms with Gasteiger partial charge in [-0.15, -0.1) is 0 Å². The molecule has 0 aromatic heterocycles. The van der Waals surface area contributed by atoms with Gasteiger partial charge in [0.2, 0.25) is 0 Å². The summed E-state index contributed by atoms with van der Waals surface area (Å²) in [6.07, 6.45) is 5.53. The highest BCUT2D eigenvalue weighted by Crippen LogP contribution is 2.48. The average molecular weight is 254 g/mol. The Bertz CT molecular complexity index is 581. The zero-order chi connectivity index (χ0) is 13.4. The van der Waals surface area contributed by atoms with Crippen LogP contribution in [0.3, 0.4) is 0 Å². The van der Waals surface area contributed by atoms with Crippen LogP contribution in [0.25, 0.3) is 5.57 Å². The third-order valence-corrected chi connectivity index (χ3v) is 4.05. The number of fused-ring (bicyclic) bond motifs is 2. The van der Waals surface area contributed by atoms with Crippen LogP contribution in [-0.4, -0.2) is 12.6 Å². The van der Waals surface area contributed by atoms with E-state index in [1.807, 2.05) is 0 Å². The van der Waals surface area contributed by atoms with Gasteiger partial charge in [-0.05, 0) is 34.6 Å². The molecule has 2 heteroatoms. The number of benzene rings is 1. The lowest BCUT2D eigenvalue weighted by Crippen LogP contribution is -2.11. The second-order valence-electron chi connectivity index (χ2n) is 5.35. The lowest BCUT2D eigenvalue weighted by atomic mass is 9.86. The molecule has 0 aliphatic heterocycles. The van der Waals surface area contributed by atoms with Gasteiger partial charge in [-0.2, -0.15) is 0 Å². The van der Waals surface area contributed by atoms with Crippen molar-refractivity contribution in [3.8, 4) is 0 Å². The zero-order valence-electron chi connectivity index (χ0n) is 11.3. The van der Waals surface area contributed by atoms with Crippen molar-refractivity contribution >= 4 is 11.5 Å². The first-order valence-electron chi connectivity index (χ1n) is 6.81. The minimum Gasteiger partial charge on any atom is -0.465 e. The fourth-order valence-corrected chi connectivity index (χ4v) is 3.21. The molecule has 0 radical (unpaired) electrons. The van der Waals surface area contributed by atoms with Crippen LogP contribution >= 0.6 is 0 Å². The largest absolute Gasteiger partial charge is 0.465 e. The van der Waals surface area contributed by atoms with Crippen LogP contribution in [0, 0.1) is 5.92 Å². The Balaban J connectivity index is 2.03. The SMILES string of the molecule is CC(=O)OCC1C2=C(c3ccccc31)C(C)CC=C2. The number of allylic oxidation sites excluding steroid dienone is 3. The van der Waals surface area contributed by atoms with Crippen molar-refractivity contribution < 1.29 is 9.53 Å². The molecular formula is C17H18O2. The van der Waals surface area contributed by atoms with Crippen LogP contribution in [0.5, 0.6) is 0 Å². The molecule has 0 spiro atoms. The zero-order valence-corrected chi connectivity index (χ0v) is 11.3. The molecule has 2 atom stereocenters. The van der Waals surface area contributed by atoms with Crippen molar-refractivity contribution in [2.45, 2.75) is 26.2 Å². The number of esters is 1. The molecule has 0 saturated heterocycles. The van der Waals surface area contributed by atoms with Gasteiger partial charge in [0, 0.05) is 12.8 Å². The predicted molar refractivity (Wildman–Crippen MR) is 75.7 cm³/mol. The minimum atomic E-state index is -0.209. The highest BCUT2D eigenvalue weighted by molar-refractivity contribution is 5.82. The molecule has 2 unspecified atom stereocenters. The molecule has 19 heavy (non-hydrogen) atoms. The predicted octanol–water partition coefficient (Wildman–Crippen LogP) is 3.70. The van der Waals surface area contributed by atoms with Crippen LogP contribution in [-0.2, 0) is 9.53 Å². The van der Waals surface area contributed by atoms with E-state index < -0.39 is 0 Å². The summed E-state index contributed by atoms with van der Waals surface area (Å²) < 4.78 is 5.26. The Hall–Kier alpha value is -1.83. The Morgan fingerprint density at radius 2 is 2.16 bits per heavy atom. The van der Waals surface area contributed by atoms with E-state index in [2.05, 4.69) is 43.3 Å². The Morgan fingerprint density at radius 1 is 1.37 bits per heavy atom. The second-order valence-corrected chi connectivity index (χ2v) is 5.35. The first-order chi connectivity index (χ1) is 9.18. The Morgan fingerprint density at radius 3 is 2.95 bits per heavy atom. The molecule has 0 amide bonds. The normalized spacial score (nSPS) is 24.1. The quantitative estimate of drug-likeness (QED) is 0.752. The molecule has 2 aliphatic carbocycles. The van der Waals surface area contributed by atoms with Gasteiger partial charge in [-0.1, -0.05) is 43.3 Å². The monoisotopic (exact) mass is 254 g/mol. The van der Waals surface area contributed by atoms with Gasteiger partial charge in [0.15, 0.2) is 0 Å². The van der Waals surface area contributed by atoms with Crippen molar-refractivity contribution in [2.75, 3.05) is 6.61 Å². The summed E-state index contributed by atoms with van der Waals surface area (Å²) in [5, 5.41) is 0. The molecule has 0 heterocycles. The summed E-state index contributed by atoms with van der Waals surface area (Å²) in [7, 11) is 0. The highest BCUT2D eigenvalue weighted by Gasteiger charge is 2.33. The van der Waals surface area contributed by atoms with Crippen molar-refractivity contribution in [1.82, 2.24) is 0 Å². The van der Waals surface area contributed by atoms with Crippen molar-refractivity contribution in [3.05, 3.63) is 53.1 Å². The van der Waals surface area contributed by atoms with Gasteiger partial charge >= 0.3 is 5.97 Å². The van der Waals surface area contributed by atoms with Gasteiger partial charge in [0.1, 0.15) is 6.61 Å². The molecule has 0 fully saturated rings. The fraction of sp³-hybridized carbons (Fsp3) is 0.353. The Labute approximate surface area is 113 Å². The van der Waals surface area contributed by atoms with E-state index in [9.17, 15) is 4.79 Å². The number of carbonyl (C=O) groups excluding carboxylic acids is 1. The Kier molecular flexibility index (Phi) is 3.02. The van der Waals surface area contributed by atoms with E-state index in [-0.39, 0.29) is 11.9 Å². The molecule has 2 aliphatic rings. The molecule has 3 rings (SSSR count). The third kappa shape index (κ3) is 2.01. The number of carbonyl (C=O) groups is 1. The van der Waals surface area contributed by atoms with E-state index in [0.717, 1.165) is 6.42 Å². The standard InChI is InChI=1S/C17H18O2/c1-11-6-5-9-15-16(10-19-12(2)18)13-7-3-4-8-14(13)17(11)15/h3-5,7-9,11,16H,6,10H2,1-2H3. The summed E-state index contributed by atoms with van der Waals surface area (Å²) >= 11 is 0. The third-order valence-electron chi connectivity index (χ3n) is 4.05. The van der Waals surface area contributed by atoms with E-state index in [1.165, 1.54) is 29.2 Å². The maximum absolute atomic E-state index is 11.1. The summed E-state index contributed by atoms with van der Waals surface area (Å²) in [5.74, 6) is 0.539. The highest BCUT2D eigenvalue weighted by atomic mass is 16.5. The first-order valence-corrected chi connectivity index (χ1v) is 6.81. The van der Waals surface area contributed by atoms with E-state index >= 15 is 0 Å². The summed E-state index contributed by atoms with van der Waals surface area (Å²) in [6.45, 7) is 4.18. The summed E-state index contributed by atoms with van der Waals surface area (Å²) in [5.41, 5.74) is 5.41. The first kappa shape index (κ1) is 12.2. The maximum atomic E-state index is 11.1. The average Bonchev–Trinajstić information content (AvgIpc) is 2.71. The van der Waals surface area contributed by atoms with Crippen molar-refractivity contribution in [3.63, 3.8) is 0 Å². The van der Waals surface area contributed by atoms with Crippen molar-refractivity contribution in [2.24, 2.45) is 5.92 Å². The molecule has 1 aromatic carbocycles. The molecular weight excluding hydrogens is 236 g/mol. The topological polar surface area (TPSA) is 26.3 Å². The smallest absolute Gasteiger partial charge is 0.302 e. The number of rotatable bonds is 2. The van der Waals surface area contributed by atoms with Gasteiger partial charge in [-0.25, -0.2) is 0 Å². The molecule has 1 aromatic rings. The van der Waals surface area contributed by atoms with E-state index in [0.29, 0.717) is 12.5 Å². The summed E-state index contributed by atoms with van der Waals surface area (Å²) in [4.78, 5) is 11.1. The van der Waals surface area contributed by atoms with E-state index in [4.69, 9.17) is 4.74 Å². The van der Waals surface area contributed by atoms with E-state index in [1.54, 1.807) is 0 Å². The molecule has 0 bridgehead atoms. The fourth-order valence-electron chi connectivity index (χ4n) is 3.21. The van der Waals surface area contributed by atoms with Crippen LogP contribution in [0.2, 0.25) is 0 Å². The molecule has 0 saturated carbocycles. The van der Waals surface area contributed by atoms with Gasteiger partial charge in [-0.3, -0.25) is 4.79 Å². The second kappa shape index (κ2) is 4.69. The van der Waals surface area contributed by atoms with Crippen LogP contribution in [0.15, 0.2) is 42.0 Å². The minimum absolute atomic E-state index is 0.203.